The second-order valence-corrected chi connectivity index (χ2v) is 2.82. The summed E-state index contributed by atoms with van der Waals surface area (Å²) in [6.45, 7) is 0.00402. The number of benzene rings is 1. The lowest BCUT2D eigenvalue weighted by Crippen LogP contribution is -2.35. The molecule has 0 aliphatic rings. The minimum atomic E-state index is -0.861. The Labute approximate surface area is 98.9 Å². The predicted molar refractivity (Wildman–Crippen MR) is 59.1 cm³/mol. The van der Waals surface area contributed by atoms with Crippen LogP contribution in [0.5, 0.6) is 5.75 Å². The number of rotatable bonds is 4. The zero-order chi connectivity index (χ0) is 11.3. The van der Waals surface area contributed by atoms with Crippen LogP contribution in [0.3, 0.4) is 0 Å². The van der Waals surface area contributed by atoms with Gasteiger partial charge in [0.1, 0.15) is 11.6 Å². The fourth-order valence-corrected chi connectivity index (χ4v) is 1.00. The molecule has 90 valence electrons. The molecule has 1 aromatic carbocycles. The lowest BCUT2D eigenvalue weighted by atomic mass is 10.3. The predicted octanol–water partition coefficient (Wildman–Crippen LogP) is 1.13. The van der Waals surface area contributed by atoms with E-state index in [1.165, 1.54) is 31.4 Å². The Kier molecular flexibility index (Phi) is 6.44. The van der Waals surface area contributed by atoms with Crippen LogP contribution in [-0.2, 0) is 9.53 Å². The highest BCUT2D eigenvalue weighted by atomic mass is 35.5. The van der Waals surface area contributed by atoms with E-state index < -0.39 is 12.1 Å². The SMILES string of the molecule is COC(=O)C(CN)Oc1ccc(F)cc1.Cl. The molecule has 0 radical (unpaired) electrons. The minimum Gasteiger partial charge on any atom is -0.477 e. The third kappa shape index (κ3) is 4.04. The Morgan fingerprint density at radius 2 is 2.00 bits per heavy atom. The summed E-state index contributed by atoms with van der Waals surface area (Å²) in [5, 5.41) is 0. The third-order valence-corrected chi connectivity index (χ3v) is 1.77. The van der Waals surface area contributed by atoms with Crippen LogP contribution in [-0.4, -0.2) is 25.7 Å². The van der Waals surface area contributed by atoms with Gasteiger partial charge >= 0.3 is 5.97 Å². The van der Waals surface area contributed by atoms with Crippen LogP contribution in [0.2, 0.25) is 0 Å². The van der Waals surface area contributed by atoms with Crippen molar-refractivity contribution in [2.75, 3.05) is 13.7 Å². The van der Waals surface area contributed by atoms with E-state index in [1.807, 2.05) is 0 Å². The van der Waals surface area contributed by atoms with Crippen molar-refractivity contribution >= 4 is 18.4 Å². The summed E-state index contributed by atoms with van der Waals surface area (Å²) >= 11 is 0. The molecule has 0 spiro atoms. The van der Waals surface area contributed by atoms with Gasteiger partial charge < -0.3 is 15.2 Å². The first kappa shape index (κ1) is 14.7. The van der Waals surface area contributed by atoms with Crippen molar-refractivity contribution in [2.45, 2.75) is 6.10 Å². The zero-order valence-electron chi connectivity index (χ0n) is 8.68. The smallest absolute Gasteiger partial charge is 0.348 e. The van der Waals surface area contributed by atoms with Crippen molar-refractivity contribution in [1.82, 2.24) is 0 Å². The van der Waals surface area contributed by atoms with Crippen LogP contribution in [0, 0.1) is 5.82 Å². The molecule has 2 N–H and O–H groups in total. The Bertz CT molecular complexity index is 331. The maximum atomic E-state index is 12.6. The van der Waals surface area contributed by atoms with E-state index in [2.05, 4.69) is 4.74 Å². The van der Waals surface area contributed by atoms with Crippen LogP contribution in [0.15, 0.2) is 24.3 Å². The Balaban J connectivity index is 0.00000225. The highest BCUT2D eigenvalue weighted by Gasteiger charge is 2.18. The summed E-state index contributed by atoms with van der Waals surface area (Å²) in [5.41, 5.74) is 5.33. The minimum absolute atomic E-state index is 0. The second-order valence-electron chi connectivity index (χ2n) is 2.82. The molecule has 0 bridgehead atoms. The molecule has 0 aliphatic carbocycles. The van der Waals surface area contributed by atoms with Crippen molar-refractivity contribution in [2.24, 2.45) is 5.73 Å². The van der Waals surface area contributed by atoms with Gasteiger partial charge in [-0.15, -0.1) is 12.4 Å². The average molecular weight is 250 g/mol. The standard InChI is InChI=1S/C10H12FNO3.ClH/c1-14-10(13)9(6-12)15-8-4-2-7(11)3-5-8;/h2-5,9H,6,12H2,1H3;1H. The average Bonchev–Trinajstić information content (AvgIpc) is 2.27. The van der Waals surface area contributed by atoms with Crippen molar-refractivity contribution in [1.29, 1.82) is 0 Å². The van der Waals surface area contributed by atoms with E-state index in [-0.39, 0.29) is 24.8 Å². The summed E-state index contributed by atoms with van der Waals surface area (Å²) in [7, 11) is 1.25. The summed E-state index contributed by atoms with van der Waals surface area (Å²) in [6, 6.07) is 5.31. The monoisotopic (exact) mass is 249 g/mol. The van der Waals surface area contributed by atoms with E-state index >= 15 is 0 Å². The number of nitrogens with two attached hydrogens (primary N) is 1. The number of esters is 1. The number of ether oxygens (including phenoxy) is 2. The van der Waals surface area contributed by atoms with Gasteiger partial charge in [0.05, 0.1) is 7.11 Å². The normalized spacial score (nSPS) is 11.2. The fraction of sp³-hybridized carbons (Fsp3) is 0.300. The van der Waals surface area contributed by atoms with Crippen LogP contribution in [0.4, 0.5) is 4.39 Å². The molecule has 0 aliphatic heterocycles. The third-order valence-electron chi connectivity index (χ3n) is 1.77. The van der Waals surface area contributed by atoms with Gasteiger partial charge in [0.25, 0.3) is 0 Å². The van der Waals surface area contributed by atoms with Gasteiger partial charge in [-0.25, -0.2) is 9.18 Å². The summed E-state index contributed by atoms with van der Waals surface area (Å²) < 4.78 is 22.2. The first-order chi connectivity index (χ1) is 7.17. The Morgan fingerprint density at radius 1 is 1.44 bits per heavy atom. The molecule has 1 unspecified atom stereocenters. The van der Waals surface area contributed by atoms with Gasteiger partial charge in [-0.1, -0.05) is 0 Å². The molecule has 0 heterocycles. The molecular formula is C10H13ClFNO3. The number of hydrogen-bond acceptors (Lipinski definition) is 4. The molecule has 0 amide bonds. The van der Waals surface area contributed by atoms with E-state index in [4.69, 9.17) is 10.5 Å². The number of hydrogen-bond donors (Lipinski definition) is 1. The molecule has 16 heavy (non-hydrogen) atoms. The number of halogens is 2. The van der Waals surface area contributed by atoms with Crippen LogP contribution in [0.25, 0.3) is 0 Å². The molecule has 0 saturated carbocycles. The maximum Gasteiger partial charge on any atom is 0.348 e. The molecule has 6 heteroatoms. The molecular weight excluding hydrogens is 237 g/mol. The number of carbonyl (C=O) groups is 1. The Morgan fingerprint density at radius 3 is 2.44 bits per heavy atom. The molecule has 1 aromatic rings. The quantitative estimate of drug-likeness (QED) is 0.813. The molecule has 0 saturated heterocycles. The Hall–Kier alpha value is -1.33. The van der Waals surface area contributed by atoms with Crippen LogP contribution < -0.4 is 10.5 Å². The first-order valence-corrected chi connectivity index (χ1v) is 4.37. The van der Waals surface area contributed by atoms with Gasteiger partial charge in [0, 0.05) is 6.54 Å². The van der Waals surface area contributed by atoms with Crippen LogP contribution in [0.1, 0.15) is 0 Å². The lowest BCUT2D eigenvalue weighted by molar-refractivity contribution is -0.148. The molecule has 1 rings (SSSR count). The zero-order valence-corrected chi connectivity index (χ0v) is 9.50. The molecule has 0 fully saturated rings. The van der Waals surface area contributed by atoms with E-state index in [0.717, 1.165) is 0 Å². The van der Waals surface area contributed by atoms with Gasteiger partial charge in [0.15, 0.2) is 0 Å². The van der Waals surface area contributed by atoms with Gasteiger partial charge in [-0.2, -0.15) is 0 Å². The second kappa shape index (κ2) is 7.03. The largest absolute Gasteiger partial charge is 0.477 e. The molecule has 0 aromatic heterocycles. The molecule has 1 atom stereocenters. The molecule has 4 nitrogen and oxygen atoms in total. The van der Waals surface area contributed by atoms with Crippen molar-refractivity contribution in [3.63, 3.8) is 0 Å². The number of carbonyl (C=O) groups excluding carboxylic acids is 1. The van der Waals surface area contributed by atoms with E-state index in [0.29, 0.717) is 5.75 Å². The van der Waals surface area contributed by atoms with E-state index in [9.17, 15) is 9.18 Å². The van der Waals surface area contributed by atoms with Crippen molar-refractivity contribution in [3.05, 3.63) is 30.1 Å². The van der Waals surface area contributed by atoms with Crippen molar-refractivity contribution in [3.8, 4) is 5.75 Å². The van der Waals surface area contributed by atoms with Gasteiger partial charge in [0.2, 0.25) is 6.10 Å². The fourth-order valence-electron chi connectivity index (χ4n) is 1.00. The van der Waals surface area contributed by atoms with Gasteiger partial charge in [-0.05, 0) is 24.3 Å². The summed E-state index contributed by atoms with van der Waals surface area (Å²) in [4.78, 5) is 11.1. The van der Waals surface area contributed by atoms with E-state index in [1.54, 1.807) is 0 Å². The first-order valence-electron chi connectivity index (χ1n) is 4.37. The highest BCUT2D eigenvalue weighted by molar-refractivity contribution is 5.85. The summed E-state index contributed by atoms with van der Waals surface area (Å²) in [5.74, 6) is -0.552. The van der Waals surface area contributed by atoms with Crippen molar-refractivity contribution < 1.29 is 18.7 Å². The highest BCUT2D eigenvalue weighted by Crippen LogP contribution is 2.13. The van der Waals surface area contributed by atoms with Gasteiger partial charge in [-0.3, -0.25) is 0 Å². The topological polar surface area (TPSA) is 61.5 Å². The van der Waals surface area contributed by atoms with Crippen LogP contribution >= 0.6 is 12.4 Å². The maximum absolute atomic E-state index is 12.6. The number of methoxy groups -OCH3 is 1. The summed E-state index contributed by atoms with van der Waals surface area (Å²) in [6.07, 6.45) is -0.861. The lowest BCUT2D eigenvalue weighted by Gasteiger charge is -2.14.